The molecule has 58 valence electrons. The molecule has 3 heterocycles. The van der Waals surface area contributed by atoms with Gasteiger partial charge in [0.15, 0.2) is 11.3 Å². The van der Waals surface area contributed by atoms with Crippen molar-refractivity contribution in [1.82, 2.24) is 29.4 Å². The molecule has 3 rings (SSSR count). The summed E-state index contributed by atoms with van der Waals surface area (Å²) in [5, 5.41) is 7.97. The van der Waals surface area contributed by atoms with Gasteiger partial charge in [0.1, 0.15) is 12.7 Å². The van der Waals surface area contributed by atoms with Crippen LogP contribution < -0.4 is 0 Å². The van der Waals surface area contributed by atoms with Gasteiger partial charge in [-0.2, -0.15) is 0 Å². The Bertz CT molecular complexity index is 485. The average Bonchev–Trinajstić information content (AvgIpc) is 2.71. The zero-order chi connectivity index (χ0) is 7.97. The Labute approximate surface area is 66.5 Å². The molecule has 0 bridgehead atoms. The molecule has 0 aliphatic heterocycles. The lowest BCUT2D eigenvalue weighted by Crippen LogP contribution is -2.02. The molecule has 0 aliphatic rings. The normalized spacial score (nSPS) is 11.3. The van der Waals surface area contributed by atoms with Crippen LogP contribution in [0.5, 0.6) is 0 Å². The van der Waals surface area contributed by atoms with Crippen LogP contribution in [0.25, 0.3) is 11.3 Å². The van der Waals surface area contributed by atoms with E-state index in [1.807, 2.05) is 12.1 Å². The van der Waals surface area contributed by atoms with Crippen molar-refractivity contribution in [2.24, 2.45) is 0 Å². The minimum atomic E-state index is 0.757. The van der Waals surface area contributed by atoms with Gasteiger partial charge in [-0.15, -0.1) is 19.5 Å². The summed E-state index contributed by atoms with van der Waals surface area (Å²) >= 11 is 0. The summed E-state index contributed by atoms with van der Waals surface area (Å²) < 4.78 is 3.17. The molecule has 0 saturated carbocycles. The molecule has 0 aromatic carbocycles. The molecule has 0 radical (unpaired) electrons. The van der Waals surface area contributed by atoms with Crippen LogP contribution in [0.3, 0.4) is 0 Å². The summed E-state index contributed by atoms with van der Waals surface area (Å²) in [6, 6.07) is 3.69. The summed E-state index contributed by atoms with van der Waals surface area (Å²) in [5.41, 5.74) is 1.51. The van der Waals surface area contributed by atoms with E-state index in [0.717, 1.165) is 11.3 Å². The van der Waals surface area contributed by atoms with E-state index in [-0.39, 0.29) is 0 Å². The quantitative estimate of drug-likeness (QED) is 0.456. The summed E-state index contributed by atoms with van der Waals surface area (Å²) in [6.45, 7) is 0. The van der Waals surface area contributed by atoms with Crippen LogP contribution >= 0.6 is 0 Å². The highest BCUT2D eigenvalue weighted by Gasteiger charge is 2.00. The molecule has 0 aliphatic carbocycles. The van der Waals surface area contributed by atoms with Gasteiger partial charge in [-0.25, -0.2) is 9.97 Å². The minimum Gasteiger partial charge on any atom is -0.213 e. The maximum Gasteiger partial charge on any atom is 0.176 e. The second-order valence-electron chi connectivity index (χ2n) is 2.35. The van der Waals surface area contributed by atoms with E-state index in [1.54, 1.807) is 9.26 Å². The van der Waals surface area contributed by atoms with Gasteiger partial charge < -0.3 is 0 Å². The van der Waals surface area contributed by atoms with E-state index in [2.05, 4.69) is 20.2 Å². The third-order valence-electron chi connectivity index (χ3n) is 1.67. The van der Waals surface area contributed by atoms with Crippen molar-refractivity contribution in [3.8, 4) is 0 Å². The predicted molar refractivity (Wildman–Crippen MR) is 39.5 cm³/mol. The Kier molecular flexibility index (Phi) is 0.840. The number of hydrogen-bond acceptors (Lipinski definition) is 4. The van der Waals surface area contributed by atoms with Gasteiger partial charge in [0.2, 0.25) is 0 Å². The van der Waals surface area contributed by atoms with Crippen molar-refractivity contribution in [1.29, 1.82) is 0 Å². The fraction of sp³-hybridized carbons (Fsp3) is 0. The first-order chi connectivity index (χ1) is 5.95. The minimum absolute atomic E-state index is 0.757. The first-order valence-corrected chi connectivity index (χ1v) is 3.44. The van der Waals surface area contributed by atoms with E-state index >= 15 is 0 Å². The summed E-state index contributed by atoms with van der Waals surface area (Å²) in [7, 11) is 0. The van der Waals surface area contributed by atoms with Crippen molar-refractivity contribution in [3.05, 3.63) is 24.8 Å². The van der Waals surface area contributed by atoms with Crippen LogP contribution in [-0.4, -0.2) is 29.4 Å². The first kappa shape index (κ1) is 5.64. The van der Waals surface area contributed by atoms with Gasteiger partial charge in [-0.3, -0.25) is 0 Å². The van der Waals surface area contributed by atoms with E-state index < -0.39 is 0 Å². The highest BCUT2D eigenvalue weighted by molar-refractivity contribution is 5.44. The van der Waals surface area contributed by atoms with Crippen molar-refractivity contribution < 1.29 is 0 Å². The highest BCUT2D eigenvalue weighted by atomic mass is 15.6. The maximum atomic E-state index is 4.01. The standard InChI is InChI=1S/C6H4N6/c1-2-6-8-4-10-12(6)11-5(1)7-3-9-11/h1-4H. The van der Waals surface area contributed by atoms with Gasteiger partial charge in [0.05, 0.1) is 0 Å². The second kappa shape index (κ2) is 1.79. The monoisotopic (exact) mass is 160 g/mol. The third-order valence-corrected chi connectivity index (χ3v) is 1.67. The molecule has 0 unspecified atom stereocenters. The molecule has 6 nitrogen and oxygen atoms in total. The molecule has 3 aromatic heterocycles. The Morgan fingerprint density at radius 1 is 0.833 bits per heavy atom. The fourth-order valence-corrected chi connectivity index (χ4v) is 1.15. The van der Waals surface area contributed by atoms with E-state index in [4.69, 9.17) is 0 Å². The molecule has 0 spiro atoms. The van der Waals surface area contributed by atoms with Crippen molar-refractivity contribution in [2.45, 2.75) is 0 Å². The molecule has 6 heteroatoms. The van der Waals surface area contributed by atoms with Crippen LogP contribution in [0, 0.1) is 0 Å². The lowest BCUT2D eigenvalue weighted by atomic mass is 10.5. The molecule has 0 N–H and O–H groups in total. The third kappa shape index (κ3) is 0.541. The molecule has 0 atom stereocenters. The number of nitrogens with zero attached hydrogens (tertiary/aromatic N) is 6. The zero-order valence-electron chi connectivity index (χ0n) is 5.99. The molecule has 0 amide bonds. The van der Waals surface area contributed by atoms with Crippen LogP contribution in [0.1, 0.15) is 0 Å². The lowest BCUT2D eigenvalue weighted by molar-refractivity contribution is 0.667. The molecule has 3 aromatic rings. The topological polar surface area (TPSA) is 60.4 Å². The number of aromatic nitrogens is 6. The molecular weight excluding hydrogens is 156 g/mol. The van der Waals surface area contributed by atoms with Gasteiger partial charge in [-0.1, -0.05) is 0 Å². The van der Waals surface area contributed by atoms with Crippen molar-refractivity contribution >= 4 is 11.3 Å². The van der Waals surface area contributed by atoms with Gasteiger partial charge >= 0.3 is 0 Å². The highest BCUT2D eigenvalue weighted by Crippen LogP contribution is 2.00. The van der Waals surface area contributed by atoms with Crippen LogP contribution in [0.4, 0.5) is 0 Å². The SMILES string of the molecule is c1nc2ccc3ncnn3n2n1. The number of rotatable bonds is 0. The maximum absolute atomic E-state index is 4.01. The summed E-state index contributed by atoms with van der Waals surface area (Å²) in [5.74, 6) is 0. The fourth-order valence-electron chi connectivity index (χ4n) is 1.15. The van der Waals surface area contributed by atoms with Crippen LogP contribution in [0.2, 0.25) is 0 Å². The Hall–Kier alpha value is -1.98. The molecule has 0 saturated heterocycles. The van der Waals surface area contributed by atoms with Crippen LogP contribution in [0.15, 0.2) is 24.8 Å². The smallest absolute Gasteiger partial charge is 0.176 e. The molecule has 0 fully saturated rings. The molecular formula is C6H4N6. The Morgan fingerprint density at radius 3 is 1.83 bits per heavy atom. The van der Waals surface area contributed by atoms with Gasteiger partial charge in [0.25, 0.3) is 0 Å². The van der Waals surface area contributed by atoms with E-state index in [9.17, 15) is 0 Å². The average molecular weight is 160 g/mol. The number of fused-ring (bicyclic) bond motifs is 3. The van der Waals surface area contributed by atoms with E-state index in [1.165, 1.54) is 12.7 Å². The Balaban J connectivity index is 2.71. The van der Waals surface area contributed by atoms with Gasteiger partial charge in [-0.05, 0) is 12.1 Å². The van der Waals surface area contributed by atoms with Crippen LogP contribution in [-0.2, 0) is 0 Å². The second-order valence-corrected chi connectivity index (χ2v) is 2.35. The van der Waals surface area contributed by atoms with E-state index in [0.29, 0.717) is 0 Å². The van der Waals surface area contributed by atoms with Gasteiger partial charge in [0, 0.05) is 0 Å². The first-order valence-electron chi connectivity index (χ1n) is 3.44. The van der Waals surface area contributed by atoms with Crippen molar-refractivity contribution in [3.63, 3.8) is 0 Å². The lowest BCUT2D eigenvalue weighted by Gasteiger charge is -1.93. The zero-order valence-corrected chi connectivity index (χ0v) is 5.99. The molecule has 12 heavy (non-hydrogen) atoms. The predicted octanol–water partition coefficient (Wildman–Crippen LogP) is -0.228. The Morgan fingerprint density at radius 2 is 1.33 bits per heavy atom. The summed E-state index contributed by atoms with van der Waals surface area (Å²) in [6.07, 6.45) is 2.97. The largest absolute Gasteiger partial charge is 0.213 e. The summed E-state index contributed by atoms with van der Waals surface area (Å²) in [4.78, 5) is 8.02. The number of hydrogen-bond donors (Lipinski definition) is 0. The van der Waals surface area contributed by atoms with Crippen molar-refractivity contribution in [2.75, 3.05) is 0 Å².